The Morgan fingerprint density at radius 3 is 2.65 bits per heavy atom. The molecule has 0 radical (unpaired) electrons. The molecule has 0 unspecified atom stereocenters. The van der Waals surface area contributed by atoms with Gasteiger partial charge in [0.05, 0.1) is 5.75 Å². The number of hydrogen-bond donors (Lipinski definition) is 2. The van der Waals surface area contributed by atoms with E-state index in [2.05, 4.69) is 33.0 Å². The first-order valence-electron chi connectivity index (χ1n) is 10.4. The molecule has 0 spiro atoms. The fraction of sp³-hybridized carbons (Fsp3) is 0.304. The highest BCUT2D eigenvalue weighted by molar-refractivity contribution is 7.99. The van der Waals surface area contributed by atoms with E-state index in [4.69, 9.17) is 0 Å². The summed E-state index contributed by atoms with van der Waals surface area (Å²) < 4.78 is 2.04. The molecule has 1 aromatic heterocycles. The molecule has 1 heterocycles. The Balaban J connectivity index is 1.34. The van der Waals surface area contributed by atoms with Gasteiger partial charge in [0.2, 0.25) is 5.91 Å². The minimum atomic E-state index is -0.153. The molecule has 1 fully saturated rings. The molecule has 2 N–H and O–H groups in total. The van der Waals surface area contributed by atoms with Gasteiger partial charge in [-0.25, -0.2) is 0 Å². The largest absolute Gasteiger partial charge is 0.349 e. The van der Waals surface area contributed by atoms with E-state index in [9.17, 15) is 9.59 Å². The zero-order valence-electron chi connectivity index (χ0n) is 17.4. The molecule has 0 aliphatic heterocycles. The van der Waals surface area contributed by atoms with Crippen molar-refractivity contribution in [1.82, 2.24) is 20.1 Å². The van der Waals surface area contributed by atoms with Gasteiger partial charge in [-0.2, -0.15) is 0 Å². The van der Waals surface area contributed by atoms with Gasteiger partial charge in [-0.3, -0.25) is 9.59 Å². The number of anilines is 1. The van der Waals surface area contributed by atoms with Crippen molar-refractivity contribution >= 4 is 29.3 Å². The lowest BCUT2D eigenvalue weighted by atomic mass is 10.1. The van der Waals surface area contributed by atoms with E-state index in [0.29, 0.717) is 23.7 Å². The van der Waals surface area contributed by atoms with Gasteiger partial charge in [0, 0.05) is 30.3 Å². The molecular weight excluding hydrogens is 410 g/mol. The molecule has 160 valence electrons. The van der Waals surface area contributed by atoms with Crippen LogP contribution >= 0.6 is 11.8 Å². The van der Waals surface area contributed by atoms with E-state index in [1.165, 1.54) is 17.3 Å². The summed E-state index contributed by atoms with van der Waals surface area (Å²) >= 11 is 1.36. The average molecular weight is 436 g/mol. The quantitative estimate of drug-likeness (QED) is 0.502. The Labute approximate surface area is 185 Å². The van der Waals surface area contributed by atoms with Crippen molar-refractivity contribution in [3.63, 3.8) is 0 Å². The highest BCUT2D eigenvalue weighted by atomic mass is 32.2. The van der Waals surface area contributed by atoms with Gasteiger partial charge in [0.15, 0.2) is 5.16 Å². The molecule has 1 aliphatic rings. The van der Waals surface area contributed by atoms with E-state index >= 15 is 0 Å². The molecule has 2 amide bonds. The molecule has 0 bridgehead atoms. The van der Waals surface area contributed by atoms with Gasteiger partial charge >= 0.3 is 0 Å². The van der Waals surface area contributed by atoms with E-state index in [1.54, 1.807) is 24.3 Å². The number of carbonyl (C=O) groups excluding carboxylic acids is 2. The lowest BCUT2D eigenvalue weighted by Crippen LogP contribution is -2.25. The van der Waals surface area contributed by atoms with Crippen LogP contribution in [-0.2, 0) is 17.8 Å². The summed E-state index contributed by atoms with van der Waals surface area (Å²) in [6.45, 7) is 2.78. The lowest BCUT2D eigenvalue weighted by Gasteiger charge is -2.09. The Hall–Kier alpha value is -3.13. The number of rotatable bonds is 9. The maximum absolute atomic E-state index is 12.5. The summed E-state index contributed by atoms with van der Waals surface area (Å²) in [5, 5.41) is 15.1. The third-order valence-electron chi connectivity index (χ3n) is 4.97. The first-order valence-corrected chi connectivity index (χ1v) is 11.4. The van der Waals surface area contributed by atoms with Gasteiger partial charge < -0.3 is 15.2 Å². The summed E-state index contributed by atoms with van der Waals surface area (Å²) in [7, 11) is 0. The van der Waals surface area contributed by atoms with E-state index in [1.807, 2.05) is 29.7 Å². The number of benzene rings is 2. The van der Waals surface area contributed by atoms with Crippen LogP contribution < -0.4 is 10.6 Å². The highest BCUT2D eigenvalue weighted by Crippen LogP contribution is 2.21. The fourth-order valence-corrected chi connectivity index (χ4v) is 4.04. The second kappa shape index (κ2) is 9.78. The molecule has 8 heteroatoms. The summed E-state index contributed by atoms with van der Waals surface area (Å²) in [4.78, 5) is 24.7. The monoisotopic (exact) mass is 435 g/mol. The Bertz CT molecular complexity index is 1060. The molecule has 2 aromatic carbocycles. The number of amides is 2. The molecule has 4 rings (SSSR count). The topological polar surface area (TPSA) is 88.9 Å². The van der Waals surface area contributed by atoms with Crippen molar-refractivity contribution in [2.45, 2.75) is 43.9 Å². The number of nitrogens with one attached hydrogen (secondary N) is 2. The van der Waals surface area contributed by atoms with Gasteiger partial charge in [-0.05, 0) is 43.5 Å². The molecule has 3 aromatic rings. The summed E-state index contributed by atoms with van der Waals surface area (Å²) in [5.41, 5.74) is 2.33. The molecule has 1 saturated carbocycles. The Morgan fingerprint density at radius 2 is 1.90 bits per heavy atom. The van der Waals surface area contributed by atoms with Crippen LogP contribution in [0.15, 0.2) is 59.8 Å². The third-order valence-corrected chi connectivity index (χ3v) is 5.93. The fourth-order valence-electron chi connectivity index (χ4n) is 3.21. The van der Waals surface area contributed by atoms with Gasteiger partial charge in [0.1, 0.15) is 5.82 Å². The lowest BCUT2D eigenvalue weighted by molar-refractivity contribution is -0.113. The van der Waals surface area contributed by atoms with E-state index < -0.39 is 0 Å². The SMILES string of the molecule is CCn1c(Cc2ccccc2)nnc1SCC(=O)Nc1cccc(C(=O)NC2CC2)c1. The van der Waals surface area contributed by atoms with Crippen molar-refractivity contribution in [1.29, 1.82) is 0 Å². The van der Waals surface area contributed by atoms with Crippen LogP contribution in [0.1, 0.15) is 41.5 Å². The van der Waals surface area contributed by atoms with Crippen molar-refractivity contribution in [3.8, 4) is 0 Å². The molecule has 0 atom stereocenters. The Kier molecular flexibility index (Phi) is 6.66. The summed E-state index contributed by atoms with van der Waals surface area (Å²) in [6.07, 6.45) is 2.77. The van der Waals surface area contributed by atoms with Crippen molar-refractivity contribution < 1.29 is 9.59 Å². The van der Waals surface area contributed by atoms with Gasteiger partial charge in [-0.15, -0.1) is 10.2 Å². The zero-order chi connectivity index (χ0) is 21.6. The average Bonchev–Trinajstić information content (AvgIpc) is 3.51. The van der Waals surface area contributed by atoms with Crippen molar-refractivity contribution in [2.75, 3.05) is 11.1 Å². The van der Waals surface area contributed by atoms with E-state index in [0.717, 1.165) is 30.4 Å². The molecular formula is C23H25N5O2S. The standard InChI is InChI=1S/C23H25N5O2S/c1-2-28-20(13-16-7-4-3-5-8-16)26-27-23(28)31-15-21(29)24-19-10-6-9-17(14-19)22(30)25-18-11-12-18/h3-10,14,18H,2,11-13,15H2,1H3,(H,24,29)(H,25,30). The first kappa shape index (κ1) is 21.1. The predicted molar refractivity (Wildman–Crippen MR) is 121 cm³/mol. The first-order chi connectivity index (χ1) is 15.1. The summed E-state index contributed by atoms with van der Waals surface area (Å²) in [5.74, 6) is 0.836. The number of carbonyl (C=O) groups is 2. The third kappa shape index (κ3) is 5.73. The number of aromatic nitrogens is 3. The van der Waals surface area contributed by atoms with Crippen molar-refractivity contribution in [3.05, 3.63) is 71.5 Å². The smallest absolute Gasteiger partial charge is 0.251 e. The van der Waals surface area contributed by atoms with Crippen LogP contribution in [0, 0.1) is 0 Å². The predicted octanol–water partition coefficient (Wildman–Crippen LogP) is 3.51. The number of nitrogens with zero attached hydrogens (tertiary/aromatic N) is 3. The number of thioether (sulfide) groups is 1. The second-order valence-electron chi connectivity index (χ2n) is 7.47. The second-order valence-corrected chi connectivity index (χ2v) is 8.41. The zero-order valence-corrected chi connectivity index (χ0v) is 18.2. The maximum Gasteiger partial charge on any atom is 0.251 e. The Morgan fingerprint density at radius 1 is 1.10 bits per heavy atom. The normalized spacial score (nSPS) is 13.1. The van der Waals surface area contributed by atoms with Gasteiger partial charge in [0.25, 0.3) is 5.91 Å². The summed E-state index contributed by atoms with van der Waals surface area (Å²) in [6, 6.07) is 17.4. The van der Waals surface area contributed by atoms with Crippen LogP contribution in [-0.4, -0.2) is 38.4 Å². The molecule has 7 nitrogen and oxygen atoms in total. The van der Waals surface area contributed by atoms with Crippen LogP contribution in [0.2, 0.25) is 0 Å². The molecule has 1 aliphatic carbocycles. The number of hydrogen-bond acceptors (Lipinski definition) is 5. The van der Waals surface area contributed by atoms with Crippen LogP contribution in [0.4, 0.5) is 5.69 Å². The van der Waals surface area contributed by atoms with Gasteiger partial charge in [-0.1, -0.05) is 48.2 Å². The maximum atomic E-state index is 12.5. The van der Waals surface area contributed by atoms with Crippen LogP contribution in [0.3, 0.4) is 0 Å². The molecule has 31 heavy (non-hydrogen) atoms. The minimum Gasteiger partial charge on any atom is -0.349 e. The molecule has 0 saturated heterocycles. The van der Waals surface area contributed by atoms with Crippen LogP contribution in [0.25, 0.3) is 0 Å². The highest BCUT2D eigenvalue weighted by Gasteiger charge is 2.23. The van der Waals surface area contributed by atoms with E-state index in [-0.39, 0.29) is 17.6 Å². The van der Waals surface area contributed by atoms with Crippen LogP contribution in [0.5, 0.6) is 0 Å². The van der Waals surface area contributed by atoms with Crippen molar-refractivity contribution in [2.24, 2.45) is 0 Å². The minimum absolute atomic E-state index is 0.102.